The van der Waals surface area contributed by atoms with Crippen LogP contribution in [-0.2, 0) is 6.54 Å². The average molecular weight is 240 g/mol. The van der Waals surface area contributed by atoms with E-state index in [2.05, 4.69) is 33.5 Å². The van der Waals surface area contributed by atoms with Gasteiger partial charge in [0.05, 0.1) is 0 Å². The first-order valence-electron chi connectivity index (χ1n) is 6.19. The van der Waals surface area contributed by atoms with Gasteiger partial charge in [-0.15, -0.1) is 5.10 Å². The SMILES string of the molecule is CCCCN(c1n[nH]c(=S)n1CC)C1CC1. The highest BCUT2D eigenvalue weighted by Gasteiger charge is 2.31. The first-order chi connectivity index (χ1) is 7.77. The molecular formula is C11H20N4S. The van der Waals surface area contributed by atoms with Crippen LogP contribution >= 0.6 is 12.2 Å². The quantitative estimate of drug-likeness (QED) is 0.777. The minimum Gasteiger partial charge on any atom is -0.338 e. The van der Waals surface area contributed by atoms with Crippen molar-refractivity contribution < 1.29 is 0 Å². The Morgan fingerprint density at radius 2 is 2.25 bits per heavy atom. The number of rotatable bonds is 6. The molecule has 4 nitrogen and oxygen atoms in total. The van der Waals surface area contributed by atoms with Gasteiger partial charge in [-0.1, -0.05) is 13.3 Å². The Hall–Kier alpha value is -0.840. The zero-order valence-corrected chi connectivity index (χ0v) is 10.9. The molecule has 1 aliphatic carbocycles. The van der Waals surface area contributed by atoms with Crippen LogP contribution in [0.3, 0.4) is 0 Å². The highest BCUT2D eigenvalue weighted by molar-refractivity contribution is 7.71. The molecular weight excluding hydrogens is 220 g/mol. The van der Waals surface area contributed by atoms with Gasteiger partial charge in [-0.2, -0.15) is 0 Å². The number of aromatic nitrogens is 3. The van der Waals surface area contributed by atoms with E-state index in [0.29, 0.717) is 6.04 Å². The van der Waals surface area contributed by atoms with Gasteiger partial charge in [-0.3, -0.25) is 4.57 Å². The lowest BCUT2D eigenvalue weighted by atomic mass is 10.3. The highest BCUT2D eigenvalue weighted by atomic mass is 32.1. The first-order valence-corrected chi connectivity index (χ1v) is 6.60. The monoisotopic (exact) mass is 240 g/mol. The van der Waals surface area contributed by atoms with Crippen LogP contribution in [0.5, 0.6) is 0 Å². The molecule has 90 valence electrons. The summed E-state index contributed by atoms with van der Waals surface area (Å²) in [5.41, 5.74) is 0. The van der Waals surface area contributed by atoms with Gasteiger partial charge < -0.3 is 4.90 Å². The number of hydrogen-bond donors (Lipinski definition) is 1. The molecule has 5 heteroatoms. The predicted molar refractivity (Wildman–Crippen MR) is 68.4 cm³/mol. The lowest BCUT2D eigenvalue weighted by molar-refractivity contribution is 0.654. The molecule has 0 amide bonds. The fraction of sp³-hybridized carbons (Fsp3) is 0.818. The second-order valence-electron chi connectivity index (χ2n) is 4.35. The van der Waals surface area contributed by atoms with Crippen molar-refractivity contribution in [1.29, 1.82) is 0 Å². The summed E-state index contributed by atoms with van der Waals surface area (Å²) < 4.78 is 2.82. The summed E-state index contributed by atoms with van der Waals surface area (Å²) in [6, 6.07) is 0.696. The average Bonchev–Trinajstić information content (AvgIpc) is 3.04. The molecule has 1 heterocycles. The van der Waals surface area contributed by atoms with Crippen LogP contribution in [-0.4, -0.2) is 27.4 Å². The molecule has 0 radical (unpaired) electrons. The van der Waals surface area contributed by atoms with Crippen molar-refractivity contribution in [2.24, 2.45) is 0 Å². The molecule has 1 aromatic heterocycles. The van der Waals surface area contributed by atoms with Crippen molar-refractivity contribution in [2.75, 3.05) is 11.4 Å². The number of nitrogens with zero attached hydrogens (tertiary/aromatic N) is 3. The van der Waals surface area contributed by atoms with Crippen molar-refractivity contribution in [3.63, 3.8) is 0 Å². The second-order valence-corrected chi connectivity index (χ2v) is 4.74. The number of anilines is 1. The van der Waals surface area contributed by atoms with Gasteiger partial charge in [0, 0.05) is 19.1 Å². The predicted octanol–water partition coefficient (Wildman–Crippen LogP) is 2.73. The fourth-order valence-electron chi connectivity index (χ4n) is 1.97. The van der Waals surface area contributed by atoms with Crippen LogP contribution in [0.2, 0.25) is 0 Å². The molecule has 0 aliphatic heterocycles. The number of hydrogen-bond acceptors (Lipinski definition) is 3. The van der Waals surface area contributed by atoms with Crippen molar-refractivity contribution in [3.05, 3.63) is 4.77 Å². The normalized spacial score (nSPS) is 15.4. The molecule has 16 heavy (non-hydrogen) atoms. The smallest absolute Gasteiger partial charge is 0.225 e. The highest BCUT2D eigenvalue weighted by Crippen LogP contribution is 2.30. The molecule has 2 rings (SSSR count). The summed E-state index contributed by atoms with van der Waals surface area (Å²) in [7, 11) is 0. The Kier molecular flexibility index (Phi) is 3.63. The molecule has 1 fully saturated rings. The van der Waals surface area contributed by atoms with Gasteiger partial charge in [-0.05, 0) is 38.4 Å². The van der Waals surface area contributed by atoms with Gasteiger partial charge in [-0.25, -0.2) is 5.10 Å². The molecule has 0 spiro atoms. The van der Waals surface area contributed by atoms with Crippen molar-refractivity contribution >= 4 is 18.2 Å². The van der Waals surface area contributed by atoms with E-state index in [0.717, 1.165) is 23.8 Å². The molecule has 0 saturated heterocycles. The van der Waals surface area contributed by atoms with Crippen LogP contribution in [0.15, 0.2) is 0 Å². The standard InChI is InChI=1S/C11H20N4S/c1-3-5-8-15(9-6-7-9)10-12-13-11(16)14(10)4-2/h9H,3-8H2,1-2H3,(H,13,16). The molecule has 0 bridgehead atoms. The summed E-state index contributed by atoms with van der Waals surface area (Å²) in [4.78, 5) is 2.42. The summed E-state index contributed by atoms with van der Waals surface area (Å²) in [5.74, 6) is 1.03. The fourth-order valence-corrected chi connectivity index (χ4v) is 2.23. The van der Waals surface area contributed by atoms with E-state index < -0.39 is 0 Å². The van der Waals surface area contributed by atoms with Crippen LogP contribution in [0, 0.1) is 4.77 Å². The Morgan fingerprint density at radius 3 is 2.81 bits per heavy atom. The summed E-state index contributed by atoms with van der Waals surface area (Å²) in [6.45, 7) is 6.32. The van der Waals surface area contributed by atoms with Crippen LogP contribution in [0.1, 0.15) is 39.5 Å². The van der Waals surface area contributed by atoms with Gasteiger partial charge in [0.2, 0.25) is 5.95 Å². The summed E-state index contributed by atoms with van der Waals surface area (Å²) in [6.07, 6.45) is 5.04. The van der Waals surface area contributed by atoms with E-state index in [1.807, 2.05) is 0 Å². The van der Waals surface area contributed by atoms with Crippen LogP contribution in [0.4, 0.5) is 5.95 Å². The lowest BCUT2D eigenvalue weighted by Crippen LogP contribution is -2.29. The number of unbranched alkanes of at least 4 members (excludes halogenated alkanes) is 1. The molecule has 0 aromatic carbocycles. The first kappa shape index (κ1) is 11.6. The van der Waals surface area contributed by atoms with Crippen LogP contribution in [0.25, 0.3) is 0 Å². The summed E-state index contributed by atoms with van der Waals surface area (Å²) >= 11 is 5.23. The maximum absolute atomic E-state index is 5.23. The minimum atomic E-state index is 0.696. The lowest BCUT2D eigenvalue weighted by Gasteiger charge is -2.23. The van der Waals surface area contributed by atoms with Gasteiger partial charge >= 0.3 is 0 Å². The van der Waals surface area contributed by atoms with Crippen molar-refractivity contribution in [2.45, 2.75) is 52.1 Å². The zero-order chi connectivity index (χ0) is 11.5. The van der Waals surface area contributed by atoms with E-state index >= 15 is 0 Å². The minimum absolute atomic E-state index is 0.696. The third-order valence-corrected chi connectivity index (χ3v) is 3.36. The van der Waals surface area contributed by atoms with E-state index in [9.17, 15) is 0 Å². The topological polar surface area (TPSA) is 36.9 Å². The maximum atomic E-state index is 5.23. The van der Waals surface area contributed by atoms with Gasteiger partial charge in [0.25, 0.3) is 0 Å². The molecule has 1 N–H and O–H groups in total. The molecule has 1 saturated carbocycles. The van der Waals surface area contributed by atoms with E-state index in [1.54, 1.807) is 0 Å². The number of nitrogens with one attached hydrogen (secondary N) is 1. The largest absolute Gasteiger partial charge is 0.338 e. The van der Waals surface area contributed by atoms with Crippen molar-refractivity contribution in [3.8, 4) is 0 Å². The maximum Gasteiger partial charge on any atom is 0.225 e. The van der Waals surface area contributed by atoms with E-state index in [-0.39, 0.29) is 0 Å². The molecule has 1 aromatic rings. The van der Waals surface area contributed by atoms with E-state index in [4.69, 9.17) is 12.2 Å². The Labute approximate surface area is 102 Å². The Morgan fingerprint density at radius 1 is 1.50 bits per heavy atom. The Balaban J connectivity index is 2.20. The van der Waals surface area contributed by atoms with E-state index in [1.165, 1.54) is 25.7 Å². The van der Waals surface area contributed by atoms with Gasteiger partial charge in [0.1, 0.15) is 0 Å². The van der Waals surface area contributed by atoms with Crippen molar-refractivity contribution in [1.82, 2.24) is 14.8 Å². The number of aromatic amines is 1. The van der Waals surface area contributed by atoms with Gasteiger partial charge in [0.15, 0.2) is 4.77 Å². The number of H-pyrrole nitrogens is 1. The third kappa shape index (κ3) is 2.29. The summed E-state index contributed by atoms with van der Waals surface area (Å²) in [5, 5.41) is 7.27. The third-order valence-electron chi connectivity index (χ3n) is 3.05. The van der Waals surface area contributed by atoms with Crippen LogP contribution < -0.4 is 4.90 Å². The zero-order valence-electron chi connectivity index (χ0n) is 10.1. The second kappa shape index (κ2) is 4.99. The molecule has 1 aliphatic rings. The Bertz CT molecular complexity index is 391. The molecule has 0 unspecified atom stereocenters. The molecule has 0 atom stereocenters.